The highest BCUT2D eigenvalue weighted by Crippen LogP contribution is 2.36. The molecule has 1 N–H and O–H groups in total. The zero-order valence-corrected chi connectivity index (χ0v) is 14.6. The van der Waals surface area contributed by atoms with Crippen molar-refractivity contribution in [3.8, 4) is 5.69 Å². The number of benzene rings is 2. The SMILES string of the molecule is O=C(C=Cc1cccc([N+](=O)[O-])c1)Nc1ccc(-n2cccn2)cc1C(F)(F)F. The van der Waals surface area contributed by atoms with Crippen LogP contribution < -0.4 is 5.32 Å². The molecule has 0 aliphatic heterocycles. The number of anilines is 1. The third kappa shape index (κ3) is 4.86. The smallest absolute Gasteiger partial charge is 0.322 e. The summed E-state index contributed by atoms with van der Waals surface area (Å²) in [7, 11) is 0. The second kappa shape index (κ2) is 7.97. The molecule has 0 spiro atoms. The lowest BCUT2D eigenvalue weighted by atomic mass is 10.1. The van der Waals surface area contributed by atoms with Crippen molar-refractivity contribution in [2.45, 2.75) is 6.18 Å². The summed E-state index contributed by atoms with van der Waals surface area (Å²) in [5, 5.41) is 16.8. The van der Waals surface area contributed by atoms with Gasteiger partial charge in [-0.2, -0.15) is 18.3 Å². The summed E-state index contributed by atoms with van der Waals surface area (Å²) in [5.74, 6) is -0.811. The molecule has 1 amide bonds. The monoisotopic (exact) mass is 402 g/mol. The topological polar surface area (TPSA) is 90.1 Å². The first-order valence-corrected chi connectivity index (χ1v) is 8.19. The Morgan fingerprint density at radius 1 is 1.17 bits per heavy atom. The standard InChI is InChI=1S/C19H13F3N4O3/c20-19(21,22)16-12-14(25-10-2-9-23-25)6-7-17(16)24-18(27)8-5-13-3-1-4-15(11-13)26(28)29/h1-12H,(H,24,27). The summed E-state index contributed by atoms with van der Waals surface area (Å²) < 4.78 is 41.6. The van der Waals surface area contributed by atoms with Crippen molar-refractivity contribution >= 4 is 23.4 Å². The number of nitro groups is 1. The van der Waals surface area contributed by atoms with E-state index in [9.17, 15) is 28.1 Å². The summed E-state index contributed by atoms with van der Waals surface area (Å²) in [6.07, 6.45) is 0.501. The predicted octanol–water partition coefficient (Wildman–Crippen LogP) is 4.45. The third-order valence-electron chi connectivity index (χ3n) is 3.84. The van der Waals surface area contributed by atoms with E-state index in [0.29, 0.717) is 5.56 Å². The Balaban J connectivity index is 1.82. The predicted molar refractivity (Wildman–Crippen MR) is 99.3 cm³/mol. The highest BCUT2D eigenvalue weighted by Gasteiger charge is 2.34. The number of nitrogens with zero attached hydrogens (tertiary/aromatic N) is 3. The Morgan fingerprint density at radius 3 is 2.62 bits per heavy atom. The van der Waals surface area contributed by atoms with E-state index in [1.165, 1.54) is 53.5 Å². The molecular weight excluding hydrogens is 389 g/mol. The van der Waals surface area contributed by atoms with E-state index in [2.05, 4.69) is 10.4 Å². The van der Waals surface area contributed by atoms with Crippen LogP contribution in [0.25, 0.3) is 11.8 Å². The van der Waals surface area contributed by atoms with Crippen LogP contribution in [0.5, 0.6) is 0 Å². The number of rotatable bonds is 5. The Morgan fingerprint density at radius 2 is 1.97 bits per heavy atom. The van der Waals surface area contributed by atoms with Gasteiger partial charge in [-0.3, -0.25) is 14.9 Å². The van der Waals surface area contributed by atoms with Crippen molar-refractivity contribution in [1.82, 2.24) is 9.78 Å². The molecule has 2 aromatic carbocycles. The summed E-state index contributed by atoms with van der Waals surface area (Å²) in [6, 6.07) is 10.5. The lowest BCUT2D eigenvalue weighted by Gasteiger charge is -2.14. The Kier molecular flexibility index (Phi) is 5.44. The van der Waals surface area contributed by atoms with Crippen molar-refractivity contribution in [2.24, 2.45) is 0 Å². The fourth-order valence-corrected chi connectivity index (χ4v) is 2.53. The Labute approximate surface area is 162 Å². The number of alkyl halides is 3. The van der Waals surface area contributed by atoms with Gasteiger partial charge in [0, 0.05) is 30.6 Å². The van der Waals surface area contributed by atoms with Gasteiger partial charge >= 0.3 is 6.18 Å². The average Bonchev–Trinajstić information content (AvgIpc) is 3.21. The van der Waals surface area contributed by atoms with E-state index in [1.54, 1.807) is 6.07 Å². The molecule has 0 bridgehead atoms. The Bertz CT molecular complexity index is 1080. The van der Waals surface area contributed by atoms with Crippen LogP contribution in [0.15, 0.2) is 67.0 Å². The zero-order valence-electron chi connectivity index (χ0n) is 14.6. The van der Waals surface area contributed by atoms with Crippen LogP contribution in [0.4, 0.5) is 24.5 Å². The van der Waals surface area contributed by atoms with Crippen molar-refractivity contribution < 1.29 is 22.9 Å². The van der Waals surface area contributed by atoms with Gasteiger partial charge in [0.15, 0.2) is 0 Å². The average molecular weight is 402 g/mol. The van der Waals surface area contributed by atoms with Gasteiger partial charge in [0.1, 0.15) is 0 Å². The van der Waals surface area contributed by atoms with Crippen molar-refractivity contribution in [2.75, 3.05) is 5.32 Å². The molecule has 0 radical (unpaired) electrons. The molecule has 0 unspecified atom stereocenters. The van der Waals surface area contributed by atoms with Crippen LogP contribution in [0, 0.1) is 10.1 Å². The minimum atomic E-state index is -4.70. The van der Waals surface area contributed by atoms with Crippen molar-refractivity contribution in [3.63, 3.8) is 0 Å². The highest BCUT2D eigenvalue weighted by atomic mass is 19.4. The molecule has 0 fully saturated rings. The quantitative estimate of drug-likeness (QED) is 0.388. The van der Waals surface area contributed by atoms with Crippen LogP contribution >= 0.6 is 0 Å². The summed E-state index contributed by atoms with van der Waals surface area (Å²) >= 11 is 0. The molecule has 3 rings (SSSR count). The van der Waals surface area contributed by atoms with Crippen LogP contribution in [0.2, 0.25) is 0 Å². The van der Waals surface area contributed by atoms with Gasteiger partial charge in [0.05, 0.1) is 21.9 Å². The number of non-ortho nitro benzene ring substituents is 1. The van der Waals surface area contributed by atoms with Crippen LogP contribution in [-0.2, 0) is 11.0 Å². The fraction of sp³-hybridized carbons (Fsp3) is 0.0526. The molecule has 3 aromatic rings. The molecule has 148 valence electrons. The number of hydrogen-bond acceptors (Lipinski definition) is 4. The van der Waals surface area contributed by atoms with Gasteiger partial charge in [0.2, 0.25) is 5.91 Å². The fourth-order valence-electron chi connectivity index (χ4n) is 2.53. The minimum absolute atomic E-state index is 0.166. The normalized spacial score (nSPS) is 11.6. The molecular formula is C19H13F3N4O3. The number of nitrogens with one attached hydrogen (secondary N) is 1. The molecule has 10 heteroatoms. The molecule has 0 atom stereocenters. The van der Waals surface area contributed by atoms with Gasteiger partial charge in [-0.1, -0.05) is 12.1 Å². The number of carbonyl (C=O) groups is 1. The number of halogens is 3. The van der Waals surface area contributed by atoms with Gasteiger partial charge < -0.3 is 5.32 Å². The van der Waals surface area contributed by atoms with Crippen LogP contribution in [0.1, 0.15) is 11.1 Å². The van der Waals surface area contributed by atoms with E-state index in [1.807, 2.05) is 0 Å². The molecule has 7 nitrogen and oxygen atoms in total. The first kappa shape index (κ1) is 19.8. The third-order valence-corrected chi connectivity index (χ3v) is 3.84. The maximum Gasteiger partial charge on any atom is 0.418 e. The molecule has 0 saturated heterocycles. The molecule has 1 aromatic heterocycles. The van der Waals surface area contributed by atoms with E-state index in [4.69, 9.17) is 0 Å². The number of aromatic nitrogens is 2. The van der Waals surface area contributed by atoms with Crippen LogP contribution in [-0.4, -0.2) is 20.6 Å². The lowest BCUT2D eigenvalue weighted by Crippen LogP contribution is -2.15. The van der Waals surface area contributed by atoms with E-state index in [0.717, 1.165) is 18.2 Å². The van der Waals surface area contributed by atoms with Gasteiger partial charge in [-0.05, 0) is 35.9 Å². The lowest BCUT2D eigenvalue weighted by molar-refractivity contribution is -0.384. The molecule has 29 heavy (non-hydrogen) atoms. The summed E-state index contributed by atoms with van der Waals surface area (Å²) in [4.78, 5) is 22.3. The molecule has 0 aliphatic rings. The minimum Gasteiger partial charge on any atom is -0.322 e. The van der Waals surface area contributed by atoms with E-state index >= 15 is 0 Å². The zero-order chi connectivity index (χ0) is 21.0. The Hall–Kier alpha value is -3.95. The number of hydrogen-bond donors (Lipinski definition) is 1. The van der Waals surface area contributed by atoms with E-state index < -0.39 is 28.3 Å². The van der Waals surface area contributed by atoms with Gasteiger partial charge in [-0.15, -0.1) is 0 Å². The van der Waals surface area contributed by atoms with Crippen molar-refractivity contribution in [3.05, 3.63) is 88.2 Å². The number of nitro benzene ring substituents is 1. The maximum absolute atomic E-state index is 13.4. The van der Waals surface area contributed by atoms with Crippen LogP contribution in [0.3, 0.4) is 0 Å². The molecule has 0 aliphatic carbocycles. The second-order valence-electron chi connectivity index (χ2n) is 5.85. The van der Waals surface area contributed by atoms with Gasteiger partial charge in [0.25, 0.3) is 5.69 Å². The highest BCUT2D eigenvalue weighted by molar-refractivity contribution is 6.02. The summed E-state index contributed by atoms with van der Waals surface area (Å²) in [6.45, 7) is 0. The van der Waals surface area contributed by atoms with E-state index in [-0.39, 0.29) is 11.4 Å². The maximum atomic E-state index is 13.4. The summed E-state index contributed by atoms with van der Waals surface area (Å²) in [5.41, 5.74) is -1.06. The first-order chi connectivity index (χ1) is 13.7. The largest absolute Gasteiger partial charge is 0.418 e. The first-order valence-electron chi connectivity index (χ1n) is 8.19. The second-order valence-corrected chi connectivity index (χ2v) is 5.85. The van der Waals surface area contributed by atoms with Gasteiger partial charge in [-0.25, -0.2) is 4.68 Å². The number of carbonyl (C=O) groups excluding carboxylic acids is 1. The molecule has 1 heterocycles. The number of amides is 1. The molecule has 0 saturated carbocycles. The van der Waals surface area contributed by atoms with Crippen molar-refractivity contribution in [1.29, 1.82) is 0 Å².